The van der Waals surface area contributed by atoms with E-state index in [2.05, 4.69) is 0 Å². The van der Waals surface area contributed by atoms with Crippen LogP contribution in [0, 0.1) is 10.1 Å². The van der Waals surface area contributed by atoms with Gasteiger partial charge in [-0.15, -0.1) is 0 Å². The molecule has 21 heavy (non-hydrogen) atoms. The summed E-state index contributed by atoms with van der Waals surface area (Å²) in [6.45, 7) is -0.389. The highest BCUT2D eigenvalue weighted by molar-refractivity contribution is 7.89. The Bertz CT molecular complexity index is 698. The van der Waals surface area contributed by atoms with Crippen LogP contribution in [-0.4, -0.2) is 37.0 Å². The first-order valence-electron chi connectivity index (χ1n) is 6.00. The third-order valence-corrected chi connectivity index (χ3v) is 3.99. The molecule has 0 radical (unpaired) electrons. The van der Waals surface area contributed by atoms with E-state index in [0.29, 0.717) is 0 Å². The molecule has 1 fully saturated rings. The van der Waals surface area contributed by atoms with E-state index in [1.54, 1.807) is 0 Å². The molecule has 1 saturated carbocycles. The second-order valence-electron chi connectivity index (χ2n) is 4.71. The molecule has 0 heterocycles. The lowest BCUT2D eigenvalue weighted by Gasteiger charge is -2.22. The number of anilines is 1. The zero-order valence-electron chi connectivity index (χ0n) is 10.8. The van der Waals surface area contributed by atoms with Crippen molar-refractivity contribution in [1.29, 1.82) is 0 Å². The Labute approximate surface area is 120 Å². The van der Waals surface area contributed by atoms with Crippen LogP contribution in [0.5, 0.6) is 0 Å². The number of hydrogen-bond donors (Lipinski definition) is 2. The molecule has 114 valence electrons. The van der Waals surface area contributed by atoms with Crippen molar-refractivity contribution in [3.8, 4) is 0 Å². The van der Waals surface area contributed by atoms with Crippen LogP contribution in [0.2, 0.25) is 0 Å². The van der Waals surface area contributed by atoms with Crippen LogP contribution in [0.4, 0.5) is 11.4 Å². The lowest BCUT2D eigenvalue weighted by atomic mass is 10.2. The monoisotopic (exact) mass is 315 g/mol. The van der Waals surface area contributed by atoms with Gasteiger partial charge in [-0.2, -0.15) is 0 Å². The van der Waals surface area contributed by atoms with Gasteiger partial charge in [-0.1, -0.05) is 0 Å². The average Bonchev–Trinajstić information content (AvgIpc) is 3.18. The summed E-state index contributed by atoms with van der Waals surface area (Å²) < 4.78 is 22.5. The molecule has 0 amide bonds. The Hall–Kier alpha value is -2.20. The minimum atomic E-state index is -4.07. The van der Waals surface area contributed by atoms with Crippen LogP contribution < -0.4 is 10.0 Å². The summed E-state index contributed by atoms with van der Waals surface area (Å²) in [7, 11) is -4.07. The summed E-state index contributed by atoms with van der Waals surface area (Å²) in [5.74, 6) is -1.12. The second kappa shape index (κ2) is 5.30. The van der Waals surface area contributed by atoms with Gasteiger partial charge in [0.15, 0.2) is 0 Å². The highest BCUT2D eigenvalue weighted by Crippen LogP contribution is 2.37. The highest BCUT2D eigenvalue weighted by atomic mass is 32.2. The zero-order chi connectivity index (χ0) is 15.8. The van der Waals surface area contributed by atoms with Crippen LogP contribution in [0.15, 0.2) is 23.1 Å². The van der Waals surface area contributed by atoms with E-state index in [0.717, 1.165) is 25.0 Å². The number of primary sulfonamides is 1. The first-order chi connectivity index (χ1) is 9.70. The Morgan fingerprint density at radius 1 is 1.48 bits per heavy atom. The van der Waals surface area contributed by atoms with Crippen molar-refractivity contribution < 1.29 is 23.2 Å². The largest absolute Gasteiger partial charge is 0.480 e. The van der Waals surface area contributed by atoms with Crippen LogP contribution in [0.25, 0.3) is 0 Å². The first kappa shape index (κ1) is 15.2. The van der Waals surface area contributed by atoms with Crippen LogP contribution >= 0.6 is 0 Å². The molecule has 9 nitrogen and oxygen atoms in total. The Morgan fingerprint density at radius 3 is 2.52 bits per heavy atom. The molecule has 3 N–H and O–H groups in total. The number of hydrogen-bond acceptors (Lipinski definition) is 6. The van der Waals surface area contributed by atoms with Gasteiger partial charge in [0.25, 0.3) is 5.69 Å². The lowest BCUT2D eigenvalue weighted by molar-refractivity contribution is -0.384. The molecule has 0 atom stereocenters. The van der Waals surface area contributed by atoms with Crippen molar-refractivity contribution in [2.75, 3.05) is 11.4 Å². The number of carbonyl (C=O) groups is 1. The molecule has 2 rings (SSSR count). The van der Waals surface area contributed by atoms with Crippen molar-refractivity contribution in [3.63, 3.8) is 0 Å². The molecule has 0 aliphatic heterocycles. The molecule has 0 unspecified atom stereocenters. The number of sulfonamides is 1. The summed E-state index contributed by atoms with van der Waals surface area (Å²) in [6.07, 6.45) is 1.47. The molecule has 0 saturated heterocycles. The number of nitrogens with two attached hydrogens (primary N) is 1. The predicted octanol–water partition coefficient (Wildman–Crippen LogP) is 0.296. The minimum Gasteiger partial charge on any atom is -0.480 e. The fourth-order valence-corrected chi connectivity index (χ4v) is 2.55. The van der Waals surface area contributed by atoms with E-state index in [9.17, 15) is 23.3 Å². The first-order valence-corrected chi connectivity index (χ1v) is 7.54. The van der Waals surface area contributed by atoms with Gasteiger partial charge in [0, 0.05) is 12.1 Å². The average molecular weight is 315 g/mol. The van der Waals surface area contributed by atoms with E-state index in [4.69, 9.17) is 10.2 Å². The van der Waals surface area contributed by atoms with Gasteiger partial charge in [-0.3, -0.25) is 14.9 Å². The summed E-state index contributed by atoms with van der Waals surface area (Å²) >= 11 is 0. The van der Waals surface area contributed by atoms with E-state index < -0.39 is 26.6 Å². The molecule has 1 aromatic rings. The Kier molecular flexibility index (Phi) is 3.83. The van der Waals surface area contributed by atoms with Crippen molar-refractivity contribution in [2.45, 2.75) is 23.8 Å². The number of benzene rings is 1. The molecule has 0 aromatic heterocycles. The van der Waals surface area contributed by atoms with Crippen LogP contribution in [-0.2, 0) is 14.8 Å². The van der Waals surface area contributed by atoms with Gasteiger partial charge in [-0.05, 0) is 25.0 Å². The highest BCUT2D eigenvalue weighted by Gasteiger charge is 2.34. The summed E-state index contributed by atoms with van der Waals surface area (Å²) in [4.78, 5) is 22.3. The zero-order valence-corrected chi connectivity index (χ0v) is 11.6. The maximum Gasteiger partial charge on any atom is 0.323 e. The van der Waals surface area contributed by atoms with Gasteiger partial charge < -0.3 is 10.0 Å². The van der Waals surface area contributed by atoms with Crippen LogP contribution in [0.1, 0.15) is 12.8 Å². The number of nitro groups is 1. The Balaban J connectivity index is 2.51. The molecular weight excluding hydrogens is 302 g/mol. The summed E-state index contributed by atoms with van der Waals surface area (Å²) in [5.41, 5.74) is -0.396. The van der Waals surface area contributed by atoms with Gasteiger partial charge in [-0.25, -0.2) is 13.6 Å². The number of aliphatic carboxylic acids is 1. The number of nitrogens with zero attached hydrogens (tertiary/aromatic N) is 2. The quantitative estimate of drug-likeness (QED) is 0.567. The van der Waals surface area contributed by atoms with Gasteiger partial charge in [0.2, 0.25) is 10.0 Å². The van der Waals surface area contributed by atoms with Gasteiger partial charge >= 0.3 is 5.97 Å². The summed E-state index contributed by atoms with van der Waals surface area (Å²) in [5, 5.41) is 25.0. The predicted molar refractivity (Wildman–Crippen MR) is 72.5 cm³/mol. The maximum atomic E-state index is 11.3. The van der Waals surface area contributed by atoms with E-state index in [-0.39, 0.29) is 23.2 Å². The van der Waals surface area contributed by atoms with Crippen molar-refractivity contribution in [2.24, 2.45) is 5.14 Å². The molecule has 1 aliphatic carbocycles. The standard InChI is InChI=1S/C11H13N3O6S/c12-21(19,20)8-3-4-9(10(5-8)14(17)18)13(6-11(15)16)7-1-2-7/h3-5,7H,1-2,6H2,(H,15,16)(H2,12,19,20). The van der Waals surface area contributed by atoms with E-state index >= 15 is 0 Å². The van der Waals surface area contributed by atoms with Crippen molar-refractivity contribution in [1.82, 2.24) is 0 Å². The molecule has 0 bridgehead atoms. The number of nitro benzene ring substituents is 1. The third kappa shape index (κ3) is 3.47. The second-order valence-corrected chi connectivity index (χ2v) is 6.27. The number of carboxylic acid groups (broad SMARTS) is 1. The molecule has 1 aromatic carbocycles. The Morgan fingerprint density at radius 2 is 2.10 bits per heavy atom. The van der Waals surface area contributed by atoms with Gasteiger partial charge in [0.1, 0.15) is 12.2 Å². The fourth-order valence-electron chi connectivity index (χ4n) is 2.01. The fraction of sp³-hybridized carbons (Fsp3) is 0.364. The van der Waals surface area contributed by atoms with Crippen LogP contribution in [0.3, 0.4) is 0 Å². The van der Waals surface area contributed by atoms with Gasteiger partial charge in [0.05, 0.1) is 9.82 Å². The molecule has 1 aliphatic rings. The SMILES string of the molecule is NS(=O)(=O)c1ccc(N(CC(=O)O)C2CC2)c([N+](=O)[O-])c1. The number of rotatable bonds is 6. The third-order valence-electron chi connectivity index (χ3n) is 3.07. The van der Waals surface area contributed by atoms with E-state index in [1.807, 2.05) is 0 Å². The molecule has 0 spiro atoms. The molecule has 10 heteroatoms. The van der Waals surface area contributed by atoms with E-state index in [1.165, 1.54) is 11.0 Å². The normalized spacial score (nSPS) is 14.7. The lowest BCUT2D eigenvalue weighted by Crippen LogP contribution is -2.32. The number of carboxylic acids is 1. The minimum absolute atomic E-state index is 0.0808. The topological polar surface area (TPSA) is 144 Å². The van der Waals surface area contributed by atoms with Crippen molar-refractivity contribution in [3.05, 3.63) is 28.3 Å². The maximum absolute atomic E-state index is 11.3. The van der Waals surface area contributed by atoms with Crippen molar-refractivity contribution >= 4 is 27.4 Å². The summed E-state index contributed by atoms with van der Waals surface area (Å²) in [6, 6.07) is 3.12. The molecular formula is C11H13N3O6S. The smallest absolute Gasteiger partial charge is 0.323 e.